The van der Waals surface area contributed by atoms with Gasteiger partial charge in [0.1, 0.15) is 11.4 Å². The van der Waals surface area contributed by atoms with Crippen molar-refractivity contribution in [2.24, 2.45) is 7.05 Å². The number of benzene rings is 2. The molecule has 9 heteroatoms. The number of aromatic nitrogens is 1. The smallest absolute Gasteiger partial charge is 0.271 e. The number of nitro groups is 1. The van der Waals surface area contributed by atoms with Crippen LogP contribution in [0.3, 0.4) is 0 Å². The van der Waals surface area contributed by atoms with Gasteiger partial charge in [-0.15, -0.1) is 0 Å². The zero-order chi connectivity index (χ0) is 19.0. The van der Waals surface area contributed by atoms with Gasteiger partial charge in [-0.1, -0.05) is 17.7 Å². The number of nitro benzene ring substituents is 1. The van der Waals surface area contributed by atoms with Gasteiger partial charge in [-0.05, 0) is 18.2 Å². The fourth-order valence-corrected chi connectivity index (χ4v) is 2.81. The molecular weight excluding hydrogens is 365 g/mol. The minimum atomic E-state index is -0.757. The number of halogens is 2. The van der Waals surface area contributed by atoms with Crippen molar-refractivity contribution in [2.45, 2.75) is 0 Å². The number of amides is 1. The molecule has 0 atom stereocenters. The molecule has 0 aliphatic rings. The molecule has 1 N–H and O–H groups in total. The first-order valence-electron chi connectivity index (χ1n) is 7.32. The third kappa shape index (κ3) is 3.02. The third-order valence-electron chi connectivity index (χ3n) is 3.81. The van der Waals surface area contributed by atoms with E-state index in [-0.39, 0.29) is 32.9 Å². The van der Waals surface area contributed by atoms with Crippen LogP contribution in [0.15, 0.2) is 47.4 Å². The summed E-state index contributed by atoms with van der Waals surface area (Å²) in [6, 6.07) is 7.56. The Balaban J connectivity index is 2.03. The van der Waals surface area contributed by atoms with Crippen LogP contribution in [0.2, 0.25) is 5.02 Å². The summed E-state index contributed by atoms with van der Waals surface area (Å²) >= 11 is 5.94. The van der Waals surface area contributed by atoms with Crippen LogP contribution in [0.1, 0.15) is 10.4 Å². The number of nitrogens with zero attached hydrogens (tertiary/aromatic N) is 2. The topological polar surface area (TPSA) is 94.2 Å². The second-order valence-corrected chi connectivity index (χ2v) is 5.90. The molecule has 0 fully saturated rings. The molecule has 0 saturated heterocycles. The molecule has 0 radical (unpaired) electrons. The second kappa shape index (κ2) is 6.57. The number of hydrogen-bond donors (Lipinski definition) is 1. The van der Waals surface area contributed by atoms with E-state index in [2.05, 4.69) is 5.32 Å². The summed E-state index contributed by atoms with van der Waals surface area (Å²) in [4.78, 5) is 35.1. The number of nitrogens with one attached hydrogen (secondary N) is 1. The minimum Gasteiger partial charge on any atom is -0.347 e. The predicted molar refractivity (Wildman–Crippen MR) is 95.2 cm³/mol. The predicted octanol–water partition coefficient (Wildman–Crippen LogP) is 3.49. The normalized spacial score (nSPS) is 10.7. The van der Waals surface area contributed by atoms with E-state index in [0.717, 1.165) is 6.07 Å². The van der Waals surface area contributed by atoms with Gasteiger partial charge in [0.05, 0.1) is 21.2 Å². The Labute approximate surface area is 150 Å². The molecule has 3 rings (SSSR count). The van der Waals surface area contributed by atoms with Crippen LogP contribution >= 0.6 is 11.6 Å². The average Bonchev–Trinajstić information content (AvgIpc) is 2.59. The van der Waals surface area contributed by atoms with Gasteiger partial charge in [-0.3, -0.25) is 19.7 Å². The van der Waals surface area contributed by atoms with Crippen molar-refractivity contribution in [3.05, 3.63) is 79.3 Å². The van der Waals surface area contributed by atoms with Crippen LogP contribution in [0.4, 0.5) is 15.8 Å². The first-order chi connectivity index (χ1) is 12.3. The van der Waals surface area contributed by atoms with Crippen molar-refractivity contribution < 1.29 is 14.1 Å². The molecule has 2 aromatic carbocycles. The van der Waals surface area contributed by atoms with Gasteiger partial charge in [-0.25, -0.2) is 4.39 Å². The molecule has 1 amide bonds. The van der Waals surface area contributed by atoms with Gasteiger partial charge in [0.15, 0.2) is 0 Å². The molecule has 0 aliphatic carbocycles. The van der Waals surface area contributed by atoms with Crippen LogP contribution in [-0.4, -0.2) is 15.4 Å². The van der Waals surface area contributed by atoms with Gasteiger partial charge in [0, 0.05) is 30.8 Å². The highest BCUT2D eigenvalue weighted by molar-refractivity contribution is 6.34. The molecule has 26 heavy (non-hydrogen) atoms. The number of carbonyl (C=O) groups excluding carboxylic acids is 1. The van der Waals surface area contributed by atoms with E-state index in [1.165, 1.54) is 48.1 Å². The van der Waals surface area contributed by atoms with Gasteiger partial charge >= 0.3 is 0 Å². The third-order valence-corrected chi connectivity index (χ3v) is 4.12. The van der Waals surface area contributed by atoms with E-state index in [1.54, 1.807) is 0 Å². The summed E-state index contributed by atoms with van der Waals surface area (Å²) in [7, 11) is 1.51. The van der Waals surface area contributed by atoms with Crippen molar-refractivity contribution >= 4 is 39.8 Å². The molecule has 0 bridgehead atoms. The van der Waals surface area contributed by atoms with E-state index in [1.807, 2.05) is 0 Å². The summed E-state index contributed by atoms with van der Waals surface area (Å²) in [6.07, 6.45) is 1.22. The lowest BCUT2D eigenvalue weighted by atomic mass is 10.1. The number of carbonyl (C=O) groups is 1. The number of rotatable bonds is 3. The lowest BCUT2D eigenvalue weighted by Crippen LogP contribution is -2.23. The Hall–Kier alpha value is -3.26. The van der Waals surface area contributed by atoms with Crippen LogP contribution in [0, 0.1) is 15.9 Å². The van der Waals surface area contributed by atoms with Crippen molar-refractivity contribution in [3.63, 3.8) is 0 Å². The Morgan fingerprint density at radius 3 is 2.69 bits per heavy atom. The number of aryl methyl sites for hydroxylation is 1. The summed E-state index contributed by atoms with van der Waals surface area (Å²) in [6.45, 7) is 0. The highest BCUT2D eigenvalue weighted by Crippen LogP contribution is 2.27. The lowest BCUT2D eigenvalue weighted by molar-refractivity contribution is -0.384. The Bertz CT molecular complexity index is 1130. The molecule has 0 spiro atoms. The largest absolute Gasteiger partial charge is 0.347 e. The number of para-hydroxylation sites is 1. The summed E-state index contributed by atoms with van der Waals surface area (Å²) in [5, 5.41) is 13.2. The molecule has 0 aliphatic heterocycles. The molecule has 132 valence electrons. The number of pyridine rings is 1. The zero-order valence-corrected chi connectivity index (χ0v) is 14.1. The molecule has 1 heterocycles. The molecule has 0 saturated carbocycles. The van der Waals surface area contributed by atoms with Gasteiger partial charge in [-0.2, -0.15) is 0 Å². The Morgan fingerprint density at radius 2 is 2.04 bits per heavy atom. The van der Waals surface area contributed by atoms with E-state index < -0.39 is 22.1 Å². The van der Waals surface area contributed by atoms with Crippen LogP contribution in [0.5, 0.6) is 0 Å². The highest BCUT2D eigenvalue weighted by Gasteiger charge is 2.18. The number of anilines is 1. The number of hydrogen-bond acceptors (Lipinski definition) is 4. The maximum atomic E-state index is 13.9. The molecule has 7 nitrogen and oxygen atoms in total. The zero-order valence-electron chi connectivity index (χ0n) is 13.3. The Morgan fingerprint density at radius 1 is 1.31 bits per heavy atom. The molecule has 3 aromatic rings. The van der Waals surface area contributed by atoms with Crippen LogP contribution < -0.4 is 10.7 Å². The molecule has 0 unspecified atom stereocenters. The first kappa shape index (κ1) is 17.6. The SMILES string of the molecule is Cn1cc(C(=O)Nc2ccc([N+](=O)[O-])cc2Cl)c(=O)c2cccc(F)c21. The van der Waals surface area contributed by atoms with Gasteiger partial charge in [0.2, 0.25) is 5.43 Å². The molecular formula is C17H11ClFN3O4. The fourth-order valence-electron chi connectivity index (χ4n) is 2.59. The summed E-state index contributed by atoms with van der Waals surface area (Å²) < 4.78 is 15.3. The quantitative estimate of drug-likeness (QED) is 0.560. The summed E-state index contributed by atoms with van der Waals surface area (Å²) in [5.41, 5.74) is -0.871. The van der Waals surface area contributed by atoms with E-state index >= 15 is 0 Å². The van der Waals surface area contributed by atoms with E-state index in [0.29, 0.717) is 0 Å². The van der Waals surface area contributed by atoms with Gasteiger partial charge in [0.25, 0.3) is 11.6 Å². The first-order valence-corrected chi connectivity index (χ1v) is 7.70. The number of fused-ring (bicyclic) bond motifs is 1. The van der Waals surface area contributed by atoms with Crippen molar-refractivity contribution in [1.29, 1.82) is 0 Å². The van der Waals surface area contributed by atoms with Gasteiger partial charge < -0.3 is 9.88 Å². The average molecular weight is 376 g/mol. The van der Waals surface area contributed by atoms with Crippen LogP contribution in [-0.2, 0) is 7.05 Å². The Kier molecular flexibility index (Phi) is 4.43. The number of non-ortho nitro benzene ring substituents is 1. The van der Waals surface area contributed by atoms with Crippen molar-refractivity contribution in [3.8, 4) is 0 Å². The molecule has 1 aromatic heterocycles. The van der Waals surface area contributed by atoms with Crippen molar-refractivity contribution in [1.82, 2.24) is 4.57 Å². The monoisotopic (exact) mass is 375 g/mol. The lowest BCUT2D eigenvalue weighted by Gasteiger charge is -2.11. The fraction of sp³-hybridized carbons (Fsp3) is 0.0588. The maximum Gasteiger partial charge on any atom is 0.271 e. The summed E-state index contributed by atoms with van der Waals surface area (Å²) in [5.74, 6) is -1.33. The van der Waals surface area contributed by atoms with Crippen molar-refractivity contribution in [2.75, 3.05) is 5.32 Å². The second-order valence-electron chi connectivity index (χ2n) is 5.49. The standard InChI is InChI=1S/C17H11ClFN3O4/c1-21-8-11(16(23)10-3-2-4-13(19)15(10)21)17(24)20-14-6-5-9(22(25)26)7-12(14)18/h2-8H,1H3,(H,20,24). The minimum absolute atomic E-state index is 0.0452. The maximum absolute atomic E-state index is 13.9. The van der Waals surface area contributed by atoms with E-state index in [9.17, 15) is 24.1 Å². The van der Waals surface area contributed by atoms with Crippen LogP contribution in [0.25, 0.3) is 10.9 Å². The highest BCUT2D eigenvalue weighted by atomic mass is 35.5. The van der Waals surface area contributed by atoms with E-state index in [4.69, 9.17) is 11.6 Å².